The van der Waals surface area contributed by atoms with Crippen LogP contribution in [-0.2, 0) is 0 Å². The lowest BCUT2D eigenvalue weighted by Crippen LogP contribution is -2.39. The van der Waals surface area contributed by atoms with E-state index in [-0.39, 0.29) is 6.10 Å². The Kier molecular flexibility index (Phi) is 5.14. The molecular formula is C20H26N2O2. The molecule has 2 aromatic rings. The van der Waals surface area contributed by atoms with Gasteiger partial charge in [-0.25, -0.2) is 0 Å². The van der Waals surface area contributed by atoms with Gasteiger partial charge in [0.1, 0.15) is 17.6 Å². The van der Waals surface area contributed by atoms with Gasteiger partial charge in [-0.3, -0.25) is 0 Å². The first-order chi connectivity index (χ1) is 11.6. The van der Waals surface area contributed by atoms with Gasteiger partial charge in [0.05, 0.1) is 18.8 Å². The van der Waals surface area contributed by atoms with Crippen molar-refractivity contribution in [1.82, 2.24) is 0 Å². The van der Waals surface area contributed by atoms with Crippen LogP contribution in [0.1, 0.15) is 25.3 Å². The van der Waals surface area contributed by atoms with E-state index in [0.29, 0.717) is 0 Å². The van der Waals surface area contributed by atoms with Crippen molar-refractivity contribution >= 4 is 11.4 Å². The topological polar surface area (TPSA) is 47.7 Å². The van der Waals surface area contributed by atoms with Gasteiger partial charge in [0.25, 0.3) is 0 Å². The second-order valence-corrected chi connectivity index (χ2v) is 6.47. The predicted molar refractivity (Wildman–Crippen MR) is 99.1 cm³/mol. The van der Waals surface area contributed by atoms with Crippen molar-refractivity contribution in [1.29, 1.82) is 0 Å². The SMILES string of the molecule is Cc1cccc(OCCCCN2CC(C)Oc3cc(N)ccc32)c1. The van der Waals surface area contributed by atoms with Gasteiger partial charge in [0.15, 0.2) is 0 Å². The molecule has 1 unspecified atom stereocenters. The highest BCUT2D eigenvalue weighted by Gasteiger charge is 2.22. The van der Waals surface area contributed by atoms with Gasteiger partial charge in [-0.1, -0.05) is 12.1 Å². The summed E-state index contributed by atoms with van der Waals surface area (Å²) < 4.78 is 11.7. The molecule has 0 aromatic heterocycles. The smallest absolute Gasteiger partial charge is 0.145 e. The Morgan fingerprint density at radius 1 is 1.21 bits per heavy atom. The van der Waals surface area contributed by atoms with Crippen LogP contribution in [0.25, 0.3) is 0 Å². The van der Waals surface area contributed by atoms with E-state index in [1.165, 1.54) is 5.56 Å². The van der Waals surface area contributed by atoms with E-state index < -0.39 is 0 Å². The molecule has 0 amide bonds. The van der Waals surface area contributed by atoms with Crippen molar-refractivity contribution in [3.05, 3.63) is 48.0 Å². The summed E-state index contributed by atoms with van der Waals surface area (Å²) in [5.41, 5.74) is 8.98. The van der Waals surface area contributed by atoms with Gasteiger partial charge in [-0.05, 0) is 56.5 Å². The highest BCUT2D eigenvalue weighted by Crippen LogP contribution is 2.35. The number of hydrogen-bond donors (Lipinski definition) is 1. The highest BCUT2D eigenvalue weighted by molar-refractivity contribution is 5.65. The number of hydrogen-bond acceptors (Lipinski definition) is 4. The van der Waals surface area contributed by atoms with E-state index >= 15 is 0 Å². The molecule has 2 aromatic carbocycles. The van der Waals surface area contributed by atoms with Crippen LogP contribution < -0.4 is 20.1 Å². The normalized spacial score (nSPS) is 16.4. The second kappa shape index (κ2) is 7.47. The number of nitrogens with zero attached hydrogens (tertiary/aromatic N) is 1. The zero-order chi connectivity index (χ0) is 16.9. The Bertz CT molecular complexity index is 687. The summed E-state index contributed by atoms with van der Waals surface area (Å²) in [4.78, 5) is 2.38. The molecule has 4 nitrogen and oxygen atoms in total. The average Bonchev–Trinajstić information content (AvgIpc) is 2.54. The Hall–Kier alpha value is -2.36. The van der Waals surface area contributed by atoms with Crippen molar-refractivity contribution in [2.45, 2.75) is 32.8 Å². The van der Waals surface area contributed by atoms with Gasteiger partial charge in [-0.2, -0.15) is 0 Å². The molecule has 1 aliphatic rings. The summed E-state index contributed by atoms with van der Waals surface area (Å²) in [7, 11) is 0. The molecule has 0 spiro atoms. The third-order valence-corrected chi connectivity index (χ3v) is 4.21. The molecule has 128 valence electrons. The average molecular weight is 326 g/mol. The third-order valence-electron chi connectivity index (χ3n) is 4.21. The Balaban J connectivity index is 1.48. The standard InChI is InChI=1S/C20H26N2O2/c1-15-6-5-7-18(12-15)23-11-4-3-10-22-14-16(2)24-20-13-17(21)8-9-19(20)22/h5-9,12-13,16H,3-4,10-11,14,21H2,1-2H3. The molecule has 24 heavy (non-hydrogen) atoms. The summed E-state index contributed by atoms with van der Waals surface area (Å²) in [5, 5.41) is 0. The Morgan fingerprint density at radius 3 is 2.92 bits per heavy atom. The minimum absolute atomic E-state index is 0.183. The quantitative estimate of drug-likeness (QED) is 0.643. The Morgan fingerprint density at radius 2 is 2.08 bits per heavy atom. The van der Waals surface area contributed by atoms with Gasteiger partial charge in [-0.15, -0.1) is 0 Å². The minimum atomic E-state index is 0.183. The zero-order valence-corrected chi connectivity index (χ0v) is 14.5. The first-order valence-corrected chi connectivity index (χ1v) is 8.62. The lowest BCUT2D eigenvalue weighted by molar-refractivity contribution is 0.212. The molecule has 1 heterocycles. The third kappa shape index (κ3) is 4.13. The minimum Gasteiger partial charge on any atom is -0.494 e. The number of nitrogens with two attached hydrogens (primary N) is 1. The van der Waals surface area contributed by atoms with Crippen LogP contribution in [0, 0.1) is 6.92 Å². The van der Waals surface area contributed by atoms with Gasteiger partial charge in [0, 0.05) is 18.3 Å². The zero-order valence-electron chi connectivity index (χ0n) is 14.5. The van der Waals surface area contributed by atoms with Gasteiger partial charge >= 0.3 is 0 Å². The number of benzene rings is 2. The van der Waals surface area contributed by atoms with E-state index in [1.807, 2.05) is 24.3 Å². The summed E-state index contributed by atoms with van der Waals surface area (Å²) in [6.07, 6.45) is 2.30. The van der Waals surface area contributed by atoms with Crippen LogP contribution in [0.15, 0.2) is 42.5 Å². The molecule has 0 radical (unpaired) electrons. The maximum Gasteiger partial charge on any atom is 0.145 e. The van der Waals surface area contributed by atoms with Crippen molar-refractivity contribution < 1.29 is 9.47 Å². The number of rotatable bonds is 6. The predicted octanol–water partition coefficient (Wildman–Crippen LogP) is 4.02. The molecular weight excluding hydrogens is 300 g/mol. The molecule has 0 bridgehead atoms. The number of anilines is 2. The van der Waals surface area contributed by atoms with Crippen LogP contribution in [0.5, 0.6) is 11.5 Å². The fourth-order valence-corrected chi connectivity index (χ4v) is 3.06. The summed E-state index contributed by atoms with van der Waals surface area (Å²) in [6.45, 7) is 6.84. The number of fused-ring (bicyclic) bond motifs is 1. The molecule has 3 rings (SSSR count). The highest BCUT2D eigenvalue weighted by atomic mass is 16.5. The van der Waals surface area contributed by atoms with E-state index in [1.54, 1.807) is 0 Å². The van der Waals surface area contributed by atoms with Crippen LogP contribution in [0.4, 0.5) is 11.4 Å². The van der Waals surface area contributed by atoms with Crippen molar-refractivity contribution in [3.63, 3.8) is 0 Å². The molecule has 4 heteroatoms. The molecule has 0 saturated carbocycles. The molecule has 2 N–H and O–H groups in total. The van der Waals surface area contributed by atoms with Gasteiger partial charge in [0.2, 0.25) is 0 Å². The molecule has 0 aliphatic carbocycles. The van der Waals surface area contributed by atoms with Crippen molar-refractivity contribution in [2.75, 3.05) is 30.3 Å². The molecule has 0 fully saturated rings. The second-order valence-electron chi connectivity index (χ2n) is 6.47. The number of nitrogen functional groups attached to an aromatic ring is 1. The van der Waals surface area contributed by atoms with Crippen molar-refractivity contribution in [3.8, 4) is 11.5 Å². The van der Waals surface area contributed by atoms with E-state index in [2.05, 4.69) is 36.9 Å². The van der Waals surface area contributed by atoms with E-state index in [9.17, 15) is 0 Å². The van der Waals surface area contributed by atoms with Gasteiger partial charge < -0.3 is 20.1 Å². The van der Waals surface area contributed by atoms with Crippen LogP contribution in [0.3, 0.4) is 0 Å². The summed E-state index contributed by atoms with van der Waals surface area (Å²) in [5.74, 6) is 1.85. The summed E-state index contributed by atoms with van der Waals surface area (Å²) in [6, 6.07) is 14.1. The number of unbranched alkanes of at least 4 members (excludes halogenated alkanes) is 1. The molecule has 1 aliphatic heterocycles. The molecule has 1 atom stereocenters. The van der Waals surface area contributed by atoms with Crippen LogP contribution in [0.2, 0.25) is 0 Å². The maximum absolute atomic E-state index is 5.89. The number of ether oxygens (including phenoxy) is 2. The lowest BCUT2D eigenvalue weighted by atomic mass is 10.1. The molecule has 0 saturated heterocycles. The first kappa shape index (κ1) is 16.5. The van der Waals surface area contributed by atoms with Crippen molar-refractivity contribution in [2.24, 2.45) is 0 Å². The maximum atomic E-state index is 5.89. The monoisotopic (exact) mass is 326 g/mol. The van der Waals surface area contributed by atoms with Crippen LogP contribution in [-0.4, -0.2) is 25.8 Å². The fourth-order valence-electron chi connectivity index (χ4n) is 3.06. The fraction of sp³-hybridized carbons (Fsp3) is 0.400. The van der Waals surface area contributed by atoms with Crippen LogP contribution >= 0.6 is 0 Å². The lowest BCUT2D eigenvalue weighted by Gasteiger charge is -2.35. The first-order valence-electron chi connectivity index (χ1n) is 8.62. The van der Waals surface area contributed by atoms with E-state index in [0.717, 1.165) is 55.4 Å². The number of aryl methyl sites for hydroxylation is 1. The van der Waals surface area contributed by atoms with E-state index in [4.69, 9.17) is 15.2 Å². The Labute approximate surface area is 144 Å². The largest absolute Gasteiger partial charge is 0.494 e. The summed E-state index contributed by atoms with van der Waals surface area (Å²) >= 11 is 0.